The third-order valence-corrected chi connectivity index (χ3v) is 5.08. The van der Waals surface area contributed by atoms with Gasteiger partial charge in [0, 0.05) is 25.2 Å². The first-order valence-electron chi connectivity index (χ1n) is 10.2. The second-order valence-corrected chi connectivity index (χ2v) is 8.86. The van der Waals surface area contributed by atoms with Crippen LogP contribution in [0.3, 0.4) is 0 Å². The van der Waals surface area contributed by atoms with E-state index < -0.39 is 5.41 Å². The number of anilines is 1. The van der Waals surface area contributed by atoms with E-state index in [-0.39, 0.29) is 22.8 Å². The summed E-state index contributed by atoms with van der Waals surface area (Å²) in [7, 11) is 4.04. The maximum absolute atomic E-state index is 12.7. The van der Waals surface area contributed by atoms with Crippen molar-refractivity contribution >= 4 is 17.7 Å². The van der Waals surface area contributed by atoms with Crippen LogP contribution in [-0.4, -0.2) is 30.8 Å². The molecule has 0 aliphatic rings. The van der Waals surface area contributed by atoms with Crippen molar-refractivity contribution in [1.82, 2.24) is 4.68 Å². The molecule has 0 fully saturated rings. The number of hydrogen-bond acceptors (Lipinski definition) is 3. The molecule has 0 bridgehead atoms. The van der Waals surface area contributed by atoms with E-state index in [1.54, 1.807) is 0 Å². The highest BCUT2D eigenvalue weighted by Crippen LogP contribution is 2.19. The van der Waals surface area contributed by atoms with Gasteiger partial charge in [0.05, 0.1) is 11.8 Å². The minimum atomic E-state index is -0.392. The molecule has 0 amide bonds. The van der Waals surface area contributed by atoms with E-state index in [1.165, 1.54) is 5.56 Å². The van der Waals surface area contributed by atoms with Gasteiger partial charge in [0.25, 0.3) is 0 Å². The molecule has 0 atom stereocenters. The fourth-order valence-corrected chi connectivity index (χ4v) is 3.02. The zero-order valence-electron chi connectivity index (χ0n) is 19.1. The zero-order chi connectivity index (χ0) is 21.9. The number of halogens is 1. The number of aromatic nitrogens is 2. The van der Waals surface area contributed by atoms with E-state index in [2.05, 4.69) is 53.3 Å². The summed E-state index contributed by atoms with van der Waals surface area (Å²) in [5.74, 6) is 1.07. The van der Waals surface area contributed by atoms with Gasteiger partial charge in [-0.25, -0.2) is 4.57 Å². The van der Waals surface area contributed by atoms with Crippen LogP contribution in [-0.2, 0) is 11.3 Å². The molecule has 3 aromatic rings. The summed E-state index contributed by atoms with van der Waals surface area (Å²) in [4.78, 5) is 14.7. The normalized spacial score (nSPS) is 11.4. The second kappa shape index (κ2) is 10.1. The van der Waals surface area contributed by atoms with Gasteiger partial charge in [-0.2, -0.15) is 0 Å². The number of aryl methyl sites for hydroxylation is 1. The van der Waals surface area contributed by atoms with Gasteiger partial charge >= 0.3 is 5.82 Å². The van der Waals surface area contributed by atoms with Gasteiger partial charge in [0.1, 0.15) is 12.7 Å². The zero-order valence-corrected chi connectivity index (χ0v) is 20.7. The summed E-state index contributed by atoms with van der Waals surface area (Å²) < 4.78 is 3.81. The number of carbonyl (C=O) groups excluding carboxylic acids is 1. The number of nitrogens with zero attached hydrogens (tertiary/aromatic N) is 4. The summed E-state index contributed by atoms with van der Waals surface area (Å²) in [5.41, 5.74) is 3.98. The third kappa shape index (κ3) is 6.14. The van der Waals surface area contributed by atoms with Crippen LogP contribution in [0.15, 0.2) is 66.0 Å². The maximum atomic E-state index is 12.7. The second-order valence-electron chi connectivity index (χ2n) is 8.86. The number of hydrogen-bond donors (Lipinski definition) is 0. The lowest BCUT2D eigenvalue weighted by Crippen LogP contribution is -3.00. The van der Waals surface area contributed by atoms with Gasteiger partial charge < -0.3 is 21.9 Å². The Morgan fingerprint density at radius 1 is 1.06 bits per heavy atom. The first kappa shape index (κ1) is 24.5. The smallest absolute Gasteiger partial charge is 0.314 e. The predicted molar refractivity (Wildman–Crippen MR) is 123 cm³/mol. The molecule has 0 aliphatic heterocycles. The summed E-state index contributed by atoms with van der Waals surface area (Å²) >= 11 is 0. The van der Waals surface area contributed by atoms with Crippen LogP contribution in [0.25, 0.3) is 11.4 Å². The van der Waals surface area contributed by atoms with Crippen molar-refractivity contribution in [1.29, 1.82) is 0 Å². The Kier molecular flexibility index (Phi) is 7.96. The molecule has 0 saturated carbocycles. The van der Waals surface area contributed by atoms with E-state index in [4.69, 9.17) is 0 Å². The predicted octanol–water partition coefficient (Wildman–Crippen LogP) is 1.32. The average molecular weight is 483 g/mol. The quantitative estimate of drug-likeness (QED) is 0.392. The molecule has 3 rings (SSSR count). The van der Waals surface area contributed by atoms with Crippen molar-refractivity contribution in [3.05, 3.63) is 72.1 Å². The molecular weight excluding hydrogens is 452 g/mol. The number of benzene rings is 2. The van der Waals surface area contributed by atoms with E-state index in [0.29, 0.717) is 6.54 Å². The lowest BCUT2D eigenvalue weighted by atomic mass is 9.91. The summed E-state index contributed by atoms with van der Waals surface area (Å²) in [6.07, 6.45) is 5.66. The van der Waals surface area contributed by atoms with Crippen LogP contribution >= 0.6 is 0 Å². The fraction of sp³-hybridized carbons (Fsp3) is 0.320. The SMILES string of the molecule is Cc1ccc(-c2n(N=Cc3ccc(N(C)C)cc3)cc[n+]2CC(=O)C(C)(C)C)cc1.[Br-]. The molecule has 6 heteroatoms. The highest BCUT2D eigenvalue weighted by Gasteiger charge is 2.27. The van der Waals surface area contributed by atoms with Crippen molar-refractivity contribution in [2.24, 2.45) is 10.5 Å². The molecule has 2 aromatic carbocycles. The number of carbonyl (C=O) groups is 1. The largest absolute Gasteiger partial charge is 1.00 e. The molecule has 0 unspecified atom stereocenters. The topological polar surface area (TPSA) is 41.5 Å². The Morgan fingerprint density at radius 3 is 2.23 bits per heavy atom. The summed E-state index contributed by atoms with van der Waals surface area (Å²) in [6.45, 7) is 8.23. The van der Waals surface area contributed by atoms with Crippen molar-refractivity contribution in [3.8, 4) is 11.4 Å². The van der Waals surface area contributed by atoms with Crippen molar-refractivity contribution < 1.29 is 26.3 Å². The summed E-state index contributed by atoms with van der Waals surface area (Å²) in [5, 5.41) is 4.69. The van der Waals surface area contributed by atoms with Crippen LogP contribution < -0.4 is 26.4 Å². The van der Waals surface area contributed by atoms with Gasteiger partial charge in [-0.15, -0.1) is 4.68 Å². The molecule has 5 nitrogen and oxygen atoms in total. The molecule has 0 saturated heterocycles. The Balaban J connectivity index is 0.00000341. The Morgan fingerprint density at radius 2 is 1.68 bits per heavy atom. The van der Waals surface area contributed by atoms with Gasteiger partial charge in [0.15, 0.2) is 12.0 Å². The first-order chi connectivity index (χ1) is 14.1. The van der Waals surface area contributed by atoms with E-state index >= 15 is 0 Å². The molecule has 1 aromatic heterocycles. The average Bonchev–Trinajstić information content (AvgIpc) is 3.09. The van der Waals surface area contributed by atoms with Crippen molar-refractivity contribution in [2.75, 3.05) is 19.0 Å². The number of ketones is 1. The number of Topliss-reactive ketones (excluding diaryl/α,β-unsaturated/α-hetero) is 1. The maximum Gasteiger partial charge on any atom is 0.314 e. The Labute approximate surface area is 195 Å². The molecule has 0 aliphatic carbocycles. The van der Waals surface area contributed by atoms with E-state index in [0.717, 1.165) is 22.6 Å². The molecule has 1 heterocycles. The van der Waals surface area contributed by atoms with Gasteiger partial charge in [-0.05, 0) is 36.8 Å². The molecule has 0 radical (unpaired) electrons. The molecule has 164 valence electrons. The van der Waals surface area contributed by atoms with E-state index in [1.807, 2.05) is 74.9 Å². The fourth-order valence-electron chi connectivity index (χ4n) is 3.02. The lowest BCUT2D eigenvalue weighted by molar-refractivity contribution is -0.673. The van der Waals surface area contributed by atoms with Gasteiger partial charge in [-0.3, -0.25) is 4.79 Å². The summed E-state index contributed by atoms with van der Waals surface area (Å²) in [6, 6.07) is 16.5. The van der Waals surface area contributed by atoms with Crippen molar-refractivity contribution in [3.63, 3.8) is 0 Å². The highest BCUT2D eigenvalue weighted by molar-refractivity contribution is 5.82. The Bertz CT molecular complexity index is 1040. The van der Waals surface area contributed by atoms with Gasteiger partial charge in [0.2, 0.25) is 0 Å². The highest BCUT2D eigenvalue weighted by atomic mass is 79.9. The molecule has 0 N–H and O–H groups in total. The third-order valence-electron chi connectivity index (χ3n) is 5.08. The van der Waals surface area contributed by atoms with Crippen LogP contribution in [0.1, 0.15) is 31.9 Å². The Hall–Kier alpha value is -2.73. The molecule has 31 heavy (non-hydrogen) atoms. The van der Waals surface area contributed by atoms with Crippen LogP contribution in [0, 0.1) is 12.3 Å². The number of rotatable bonds is 6. The molecular formula is C25H31BrN4O. The standard InChI is InChI=1S/C25H31N4O.BrH/c1-19-7-11-21(12-8-19)24-28(18-23(30)25(2,3)4)15-16-29(24)26-17-20-9-13-22(14-10-20)27(5)6;/h7-17H,18H2,1-6H3;1H/q+1;/p-1. The van der Waals surface area contributed by atoms with Crippen LogP contribution in [0.4, 0.5) is 5.69 Å². The first-order valence-corrected chi connectivity index (χ1v) is 10.2. The minimum absolute atomic E-state index is 0. The number of imidazole rings is 1. The minimum Gasteiger partial charge on any atom is -1.00 e. The molecule has 0 spiro atoms. The van der Waals surface area contributed by atoms with Crippen molar-refractivity contribution in [2.45, 2.75) is 34.2 Å². The monoisotopic (exact) mass is 482 g/mol. The van der Waals surface area contributed by atoms with E-state index in [9.17, 15) is 4.79 Å². The van der Waals surface area contributed by atoms with Crippen LogP contribution in [0.2, 0.25) is 0 Å². The van der Waals surface area contributed by atoms with Crippen LogP contribution in [0.5, 0.6) is 0 Å². The lowest BCUT2D eigenvalue weighted by Gasteiger charge is -2.15. The van der Waals surface area contributed by atoms with Gasteiger partial charge in [-0.1, -0.05) is 55.7 Å².